The summed E-state index contributed by atoms with van der Waals surface area (Å²) < 4.78 is 0. The highest BCUT2D eigenvalue weighted by Crippen LogP contribution is 2.55. The van der Waals surface area contributed by atoms with Crippen LogP contribution in [0.25, 0.3) is 5.76 Å². The zero-order valence-corrected chi connectivity index (χ0v) is 20.5. The number of nitrogens with two attached hydrogens (primary N) is 1. The number of aliphatic hydroxyl groups is 4. The van der Waals surface area contributed by atoms with Crippen molar-refractivity contribution in [3.8, 4) is 5.75 Å². The molecule has 6 atom stereocenters. The van der Waals surface area contributed by atoms with Gasteiger partial charge in [-0.3, -0.25) is 24.1 Å². The molecule has 1 amide bonds. The van der Waals surface area contributed by atoms with Gasteiger partial charge in [0.2, 0.25) is 5.78 Å². The van der Waals surface area contributed by atoms with Crippen molar-refractivity contribution in [1.82, 2.24) is 4.90 Å². The number of phenols is 1. The summed E-state index contributed by atoms with van der Waals surface area (Å²) in [5, 5.41) is 62.3. The monoisotopic (exact) mass is 522 g/mol. The number of primary amides is 1. The molecule has 0 saturated heterocycles. The number of nitrogens with zero attached hydrogens (tertiary/aromatic N) is 1. The van der Waals surface area contributed by atoms with Gasteiger partial charge in [-0.1, -0.05) is 19.1 Å². The van der Waals surface area contributed by atoms with E-state index in [1.54, 1.807) is 19.1 Å². The quantitative estimate of drug-likeness (QED) is 0.226. The van der Waals surface area contributed by atoms with E-state index in [2.05, 4.69) is 0 Å². The molecule has 0 bridgehead atoms. The molecule has 10 N–H and O–H groups in total. The Hall–Kier alpha value is -3.78. The van der Waals surface area contributed by atoms with E-state index in [0.29, 0.717) is 5.56 Å². The number of rotatable bonds is 2. The Bertz CT molecular complexity index is 1230. The number of carboxylic acid groups (broad SMARTS) is 1. The fourth-order valence-corrected chi connectivity index (χ4v) is 5.58. The van der Waals surface area contributed by atoms with E-state index >= 15 is 0 Å². The van der Waals surface area contributed by atoms with Crippen LogP contribution in [0.1, 0.15) is 30.9 Å². The predicted molar refractivity (Wildman–Crippen MR) is 127 cm³/mol. The maximum absolute atomic E-state index is 13.7. The summed E-state index contributed by atoms with van der Waals surface area (Å²) in [6.07, 6.45) is -1.59. The number of aliphatic carboxylic acids is 1. The van der Waals surface area contributed by atoms with E-state index in [4.69, 9.17) is 15.6 Å². The molecule has 4 rings (SSSR count). The summed E-state index contributed by atoms with van der Waals surface area (Å²) in [4.78, 5) is 49.0. The normalized spacial score (nSPS) is 30.4. The Morgan fingerprint density at radius 2 is 1.65 bits per heavy atom. The number of carbonyl (C=O) groups is 4. The highest BCUT2D eigenvalue weighted by atomic mass is 16.4. The van der Waals surface area contributed by atoms with Crippen LogP contribution >= 0.6 is 0 Å². The average Bonchev–Trinajstić information content (AvgIpc) is 2.75. The fraction of sp³-hybridized carbons (Fsp3) is 0.417. The smallest absolute Gasteiger partial charge is 0.300 e. The van der Waals surface area contributed by atoms with Gasteiger partial charge < -0.3 is 41.8 Å². The highest BCUT2D eigenvalue weighted by molar-refractivity contribution is 6.24. The average molecular weight is 523 g/mol. The lowest BCUT2D eigenvalue weighted by molar-refractivity contribution is -0.169. The molecule has 0 unspecified atom stereocenters. The molecule has 1 aromatic carbocycles. The maximum atomic E-state index is 13.7. The van der Waals surface area contributed by atoms with Gasteiger partial charge in [-0.15, -0.1) is 0 Å². The molecule has 37 heavy (non-hydrogen) atoms. The summed E-state index contributed by atoms with van der Waals surface area (Å²) in [7, 11) is 2.92. The van der Waals surface area contributed by atoms with Crippen LogP contribution in [0.3, 0.4) is 0 Å². The number of hydrogen-bond donors (Lipinski definition) is 7. The van der Waals surface area contributed by atoms with Gasteiger partial charge in [-0.25, -0.2) is 0 Å². The molecular formula is C24H30N2O11. The molecule has 0 aliphatic heterocycles. The van der Waals surface area contributed by atoms with Crippen molar-refractivity contribution < 1.29 is 55.3 Å². The van der Waals surface area contributed by atoms with E-state index in [9.17, 15) is 39.9 Å². The van der Waals surface area contributed by atoms with Crippen molar-refractivity contribution in [1.29, 1.82) is 0 Å². The maximum Gasteiger partial charge on any atom is 0.300 e. The Morgan fingerprint density at radius 1 is 1.11 bits per heavy atom. The Kier molecular flexibility index (Phi) is 7.91. The number of carboxylic acids is 1. The van der Waals surface area contributed by atoms with Crippen LogP contribution in [0.4, 0.5) is 0 Å². The molecule has 0 aromatic heterocycles. The standard InChI is InChI=1S/C22H24N2O8.C2H4O2.H2O/c1-7-8-5-4-6-9(25)11(8)16(26)12-10(7)17(27)14-15(24(2)3)18(28)13(21(23)31)20(30)22(14,32)19(12)29;1-2(3)4;/h4-7,10,14-15,17,25-27,30,32H,1-3H3,(H2,23,31);1H3,(H,3,4);1H2/t7-,10+,14+,15-,17-,22-;;/m0../s1. The summed E-state index contributed by atoms with van der Waals surface area (Å²) in [5.74, 6) is -9.70. The van der Waals surface area contributed by atoms with Gasteiger partial charge in [0.15, 0.2) is 11.4 Å². The summed E-state index contributed by atoms with van der Waals surface area (Å²) in [5.41, 5.74) is 1.47. The van der Waals surface area contributed by atoms with E-state index in [1.165, 1.54) is 25.1 Å². The lowest BCUT2D eigenvalue weighted by Gasteiger charge is -2.53. The number of fused-ring (bicyclic) bond motifs is 3. The number of likely N-dealkylation sites (N-methyl/N-ethyl adjacent to an activating group) is 1. The molecule has 1 fully saturated rings. The second kappa shape index (κ2) is 9.94. The van der Waals surface area contributed by atoms with Crippen LogP contribution in [0.15, 0.2) is 35.1 Å². The van der Waals surface area contributed by atoms with E-state index in [-0.39, 0.29) is 16.8 Å². The van der Waals surface area contributed by atoms with Crippen LogP contribution in [-0.2, 0) is 19.2 Å². The van der Waals surface area contributed by atoms with E-state index < -0.39 is 81.6 Å². The molecule has 13 heteroatoms. The molecule has 1 aromatic rings. The van der Waals surface area contributed by atoms with Gasteiger partial charge in [0.1, 0.15) is 22.8 Å². The first-order chi connectivity index (χ1) is 16.6. The SMILES string of the molecule is CC(=O)O.C[C@H]1c2cccc(O)c2C(O)=C2C(=O)[C@]3(O)C(O)=C(C(N)=O)C(=O)[C@@H](N(C)C)[C@@H]3[C@@H](O)[C@@H]21.O. The zero-order valence-electron chi connectivity index (χ0n) is 20.5. The third-order valence-corrected chi connectivity index (χ3v) is 6.99. The van der Waals surface area contributed by atoms with Gasteiger partial charge in [-0.2, -0.15) is 0 Å². The number of hydrogen-bond acceptors (Lipinski definition) is 10. The van der Waals surface area contributed by atoms with Gasteiger partial charge in [-0.05, 0) is 31.6 Å². The number of aromatic hydroxyl groups is 1. The minimum atomic E-state index is -2.89. The number of amides is 1. The lowest BCUT2D eigenvalue weighted by atomic mass is 9.54. The van der Waals surface area contributed by atoms with Crippen molar-refractivity contribution in [2.24, 2.45) is 17.6 Å². The Morgan fingerprint density at radius 3 is 2.14 bits per heavy atom. The van der Waals surface area contributed by atoms with Crippen molar-refractivity contribution in [3.63, 3.8) is 0 Å². The Balaban J connectivity index is 0.000000898. The Labute approximate surface area is 211 Å². The van der Waals surface area contributed by atoms with Crippen molar-refractivity contribution in [2.75, 3.05) is 14.1 Å². The molecule has 0 spiro atoms. The van der Waals surface area contributed by atoms with Crippen molar-refractivity contribution in [3.05, 3.63) is 46.2 Å². The number of benzene rings is 1. The van der Waals surface area contributed by atoms with Crippen LogP contribution in [0, 0.1) is 11.8 Å². The molecule has 0 heterocycles. The second-order valence-corrected chi connectivity index (χ2v) is 9.31. The number of carbonyl (C=O) groups excluding carboxylic acids is 3. The van der Waals surface area contributed by atoms with Gasteiger partial charge >= 0.3 is 0 Å². The third kappa shape index (κ3) is 4.15. The summed E-state index contributed by atoms with van der Waals surface area (Å²) in [6, 6.07) is 3.13. The van der Waals surface area contributed by atoms with Crippen LogP contribution < -0.4 is 5.73 Å². The first-order valence-electron chi connectivity index (χ1n) is 10.9. The first kappa shape index (κ1) is 29.5. The van der Waals surface area contributed by atoms with E-state index in [0.717, 1.165) is 6.92 Å². The molecule has 3 aliphatic carbocycles. The molecular weight excluding hydrogens is 492 g/mol. The first-order valence-corrected chi connectivity index (χ1v) is 10.9. The second-order valence-electron chi connectivity index (χ2n) is 9.31. The third-order valence-electron chi connectivity index (χ3n) is 6.99. The van der Waals surface area contributed by atoms with Crippen molar-refractivity contribution >= 4 is 29.2 Å². The molecule has 3 aliphatic rings. The van der Waals surface area contributed by atoms with Crippen LogP contribution in [0.2, 0.25) is 0 Å². The number of Topliss-reactive ketones (excluding diaryl/α,β-unsaturated/α-hetero) is 2. The summed E-state index contributed by atoms with van der Waals surface area (Å²) >= 11 is 0. The largest absolute Gasteiger partial charge is 0.508 e. The van der Waals surface area contributed by atoms with Gasteiger partial charge in [0.25, 0.3) is 11.9 Å². The lowest BCUT2D eigenvalue weighted by Crippen LogP contribution is -2.70. The minimum Gasteiger partial charge on any atom is -0.508 e. The fourth-order valence-electron chi connectivity index (χ4n) is 5.58. The van der Waals surface area contributed by atoms with Crippen molar-refractivity contribution in [2.45, 2.75) is 37.5 Å². The minimum absolute atomic E-state index is 0. The molecule has 0 radical (unpaired) electrons. The number of ketones is 2. The van der Waals surface area contributed by atoms with Crippen LogP contribution in [0.5, 0.6) is 5.75 Å². The summed E-state index contributed by atoms with van der Waals surface area (Å²) in [6.45, 7) is 2.76. The van der Waals surface area contributed by atoms with E-state index in [1.807, 2.05) is 0 Å². The number of aliphatic hydroxyl groups excluding tert-OH is 3. The van der Waals surface area contributed by atoms with Gasteiger partial charge in [0.05, 0.1) is 23.6 Å². The predicted octanol–water partition coefficient (Wildman–Crippen LogP) is -1.24. The number of phenolic OH excluding ortho intramolecular Hbond substituents is 1. The highest BCUT2D eigenvalue weighted by Gasteiger charge is 2.68. The molecule has 202 valence electrons. The van der Waals surface area contributed by atoms with Crippen LogP contribution in [-0.4, -0.2) is 96.3 Å². The van der Waals surface area contributed by atoms with Gasteiger partial charge in [0, 0.05) is 18.4 Å². The topological polar surface area (TPSA) is 250 Å². The zero-order chi connectivity index (χ0) is 27.4. The molecule has 1 saturated carbocycles. The molecule has 13 nitrogen and oxygen atoms in total.